The zero-order valence-corrected chi connectivity index (χ0v) is 14.5. The van der Waals surface area contributed by atoms with Crippen molar-refractivity contribution in [3.8, 4) is 11.8 Å². The van der Waals surface area contributed by atoms with Gasteiger partial charge < -0.3 is 8.97 Å². The lowest BCUT2D eigenvalue weighted by molar-refractivity contribution is 0.239. The predicted molar refractivity (Wildman–Crippen MR) is 80.1 cm³/mol. The van der Waals surface area contributed by atoms with Crippen molar-refractivity contribution in [2.45, 2.75) is 57.7 Å². The minimum absolute atomic E-state index is 0.0144. The lowest BCUT2D eigenvalue weighted by Crippen LogP contribution is -2.63. The molecule has 0 atom stereocenters. The number of hydrogen-bond donors (Lipinski definition) is 0. The normalized spacial score (nSPS) is 23.2. The van der Waals surface area contributed by atoms with Crippen LogP contribution in [-0.2, 0) is 4.74 Å². The maximum atomic E-state index is 5.03. The highest BCUT2D eigenvalue weighted by Gasteiger charge is 2.52. The van der Waals surface area contributed by atoms with Gasteiger partial charge in [0.1, 0.15) is 23.1 Å². The SMILES string of the molecule is COCC#CC(C)(C)N1[Si](C)(C)CC[Si]1(C)C. The van der Waals surface area contributed by atoms with Gasteiger partial charge in [0, 0.05) is 7.11 Å². The zero-order valence-electron chi connectivity index (χ0n) is 12.5. The first kappa shape index (κ1) is 15.0. The fraction of sp³-hybridized carbons (Fsp3) is 0.846. The van der Waals surface area contributed by atoms with Gasteiger partial charge in [-0.1, -0.05) is 38.0 Å². The van der Waals surface area contributed by atoms with Gasteiger partial charge in [-0.3, -0.25) is 0 Å². The van der Waals surface area contributed by atoms with Crippen molar-refractivity contribution in [1.29, 1.82) is 0 Å². The molecule has 0 spiro atoms. The third-order valence-corrected chi connectivity index (χ3v) is 14.3. The minimum Gasteiger partial charge on any atom is -0.372 e. The Labute approximate surface area is 109 Å². The summed E-state index contributed by atoms with van der Waals surface area (Å²) in [6.07, 6.45) is 0. The molecular weight excluding hydrogens is 242 g/mol. The molecule has 0 aromatic carbocycles. The van der Waals surface area contributed by atoms with Crippen molar-refractivity contribution >= 4 is 16.5 Å². The van der Waals surface area contributed by atoms with Crippen LogP contribution in [0.4, 0.5) is 0 Å². The molecule has 0 bridgehead atoms. The van der Waals surface area contributed by atoms with Crippen LogP contribution in [0.5, 0.6) is 0 Å². The van der Waals surface area contributed by atoms with Crippen molar-refractivity contribution in [3.63, 3.8) is 0 Å². The van der Waals surface area contributed by atoms with Crippen molar-refractivity contribution in [2.24, 2.45) is 0 Å². The van der Waals surface area contributed by atoms with Crippen LogP contribution in [0.15, 0.2) is 0 Å². The van der Waals surface area contributed by atoms with Crippen LogP contribution in [-0.4, -0.2) is 40.0 Å². The standard InChI is InChI=1S/C13H27NOSi2/c1-13(2,9-8-10-15-3)14-16(4,5)11-12-17(14,6)7/h10-12H2,1-7H3. The lowest BCUT2D eigenvalue weighted by Gasteiger charge is -2.47. The first-order valence-corrected chi connectivity index (χ1v) is 12.7. The second-order valence-electron chi connectivity index (χ2n) is 6.75. The van der Waals surface area contributed by atoms with Crippen molar-refractivity contribution in [2.75, 3.05) is 13.7 Å². The van der Waals surface area contributed by atoms with E-state index >= 15 is 0 Å². The minimum atomic E-state index is -1.25. The Morgan fingerprint density at radius 3 is 2.00 bits per heavy atom. The number of rotatable bonds is 2. The van der Waals surface area contributed by atoms with Gasteiger partial charge in [-0.05, 0) is 25.9 Å². The maximum absolute atomic E-state index is 5.03. The summed E-state index contributed by atoms with van der Waals surface area (Å²) in [6, 6.07) is 2.86. The highest BCUT2D eigenvalue weighted by atomic mass is 28.4. The molecule has 0 amide bonds. The summed E-state index contributed by atoms with van der Waals surface area (Å²) in [4.78, 5) is 0. The molecule has 0 unspecified atom stereocenters. The Morgan fingerprint density at radius 1 is 1.12 bits per heavy atom. The highest BCUT2D eigenvalue weighted by molar-refractivity contribution is 6.95. The molecule has 1 heterocycles. The van der Waals surface area contributed by atoms with E-state index in [2.05, 4.69) is 56.1 Å². The first-order valence-electron chi connectivity index (χ1n) is 6.43. The van der Waals surface area contributed by atoms with Gasteiger partial charge in [0.05, 0.1) is 5.54 Å². The molecule has 0 aliphatic carbocycles. The quantitative estimate of drug-likeness (QED) is 0.564. The second kappa shape index (κ2) is 4.89. The smallest absolute Gasteiger partial charge is 0.116 e. The molecule has 98 valence electrons. The van der Waals surface area contributed by atoms with Crippen molar-refractivity contribution < 1.29 is 4.74 Å². The number of methoxy groups -OCH3 is 1. The van der Waals surface area contributed by atoms with Gasteiger partial charge in [0.2, 0.25) is 0 Å². The van der Waals surface area contributed by atoms with E-state index in [4.69, 9.17) is 4.74 Å². The van der Waals surface area contributed by atoms with E-state index in [1.54, 1.807) is 7.11 Å². The molecule has 17 heavy (non-hydrogen) atoms. The largest absolute Gasteiger partial charge is 0.372 e. The molecule has 0 N–H and O–H groups in total. The summed E-state index contributed by atoms with van der Waals surface area (Å²) in [7, 11) is -0.794. The molecule has 4 heteroatoms. The Morgan fingerprint density at radius 2 is 1.59 bits per heavy atom. The van der Waals surface area contributed by atoms with Crippen LogP contribution in [0.1, 0.15) is 13.8 Å². The van der Waals surface area contributed by atoms with Crippen LogP contribution in [0.25, 0.3) is 0 Å². The molecule has 1 rings (SSSR count). The van der Waals surface area contributed by atoms with Gasteiger partial charge in [-0.2, -0.15) is 0 Å². The summed E-state index contributed by atoms with van der Waals surface area (Å²) in [5.74, 6) is 6.59. The van der Waals surface area contributed by atoms with Crippen LogP contribution < -0.4 is 0 Å². The lowest BCUT2D eigenvalue weighted by atomic mass is 10.1. The van der Waals surface area contributed by atoms with E-state index in [0.717, 1.165) is 0 Å². The summed E-state index contributed by atoms with van der Waals surface area (Å²) in [5.41, 5.74) is 0.0144. The van der Waals surface area contributed by atoms with Crippen LogP contribution in [0.2, 0.25) is 38.3 Å². The number of ether oxygens (including phenoxy) is 1. The van der Waals surface area contributed by atoms with Crippen LogP contribution in [0.3, 0.4) is 0 Å². The molecule has 0 aromatic heterocycles. The summed E-state index contributed by atoms with van der Waals surface area (Å²) in [5, 5.41) is 0. The van der Waals surface area contributed by atoms with Crippen molar-refractivity contribution in [1.82, 2.24) is 4.23 Å². The Balaban J connectivity index is 3.00. The summed E-state index contributed by atoms with van der Waals surface area (Å²) < 4.78 is 7.88. The predicted octanol–water partition coefficient (Wildman–Crippen LogP) is 3.14. The third-order valence-electron chi connectivity index (χ3n) is 3.73. The van der Waals surface area contributed by atoms with Gasteiger partial charge in [-0.25, -0.2) is 0 Å². The second-order valence-corrected chi connectivity index (χ2v) is 16.3. The van der Waals surface area contributed by atoms with E-state index in [0.29, 0.717) is 6.61 Å². The molecule has 0 radical (unpaired) electrons. The Kier molecular flexibility index (Phi) is 4.30. The van der Waals surface area contributed by atoms with E-state index in [1.807, 2.05) is 0 Å². The average molecular weight is 270 g/mol. The molecular formula is C13H27NOSi2. The maximum Gasteiger partial charge on any atom is 0.116 e. The summed E-state index contributed by atoms with van der Waals surface area (Å²) >= 11 is 0. The molecule has 1 aliphatic rings. The molecule has 0 saturated carbocycles. The number of hydrogen-bond acceptors (Lipinski definition) is 2. The first-order chi connectivity index (χ1) is 7.63. The summed E-state index contributed by atoms with van der Waals surface area (Å²) in [6.45, 7) is 15.1. The third kappa shape index (κ3) is 3.22. The molecule has 0 aromatic rings. The van der Waals surface area contributed by atoms with Crippen LogP contribution in [0, 0.1) is 11.8 Å². The fourth-order valence-electron chi connectivity index (χ4n) is 3.55. The van der Waals surface area contributed by atoms with E-state index in [1.165, 1.54) is 12.1 Å². The topological polar surface area (TPSA) is 12.5 Å². The van der Waals surface area contributed by atoms with E-state index < -0.39 is 16.5 Å². The number of nitrogens with zero attached hydrogens (tertiary/aromatic N) is 1. The molecule has 1 aliphatic heterocycles. The monoisotopic (exact) mass is 269 g/mol. The highest BCUT2D eigenvalue weighted by Crippen LogP contribution is 2.41. The van der Waals surface area contributed by atoms with Gasteiger partial charge >= 0.3 is 0 Å². The van der Waals surface area contributed by atoms with Crippen LogP contribution >= 0.6 is 0 Å². The zero-order chi connectivity index (χ0) is 13.3. The van der Waals surface area contributed by atoms with Crippen molar-refractivity contribution in [3.05, 3.63) is 0 Å². The Hall–Kier alpha value is -0.0862. The Bertz CT molecular complexity index is 323. The molecule has 1 saturated heterocycles. The average Bonchev–Trinajstić information content (AvgIpc) is 2.36. The van der Waals surface area contributed by atoms with Gasteiger partial charge in [0.25, 0.3) is 0 Å². The molecule has 2 nitrogen and oxygen atoms in total. The van der Waals surface area contributed by atoms with E-state index in [9.17, 15) is 0 Å². The van der Waals surface area contributed by atoms with Gasteiger partial charge in [0.15, 0.2) is 0 Å². The fourth-order valence-corrected chi connectivity index (χ4v) is 19.3. The molecule has 1 fully saturated rings. The van der Waals surface area contributed by atoms with Gasteiger partial charge in [-0.15, -0.1) is 0 Å². The van der Waals surface area contributed by atoms with E-state index in [-0.39, 0.29) is 5.54 Å².